The minimum absolute atomic E-state index is 0.120. The van der Waals surface area contributed by atoms with Gasteiger partial charge < -0.3 is 10.5 Å². The normalized spacial score (nSPS) is 20.7. The molecule has 86 valence electrons. The van der Waals surface area contributed by atoms with E-state index in [1.54, 1.807) is 7.11 Å². The smallest absolute Gasteiger partial charge is 0.138 e. The number of hydrogen-bond acceptors (Lipinski definition) is 2. The van der Waals surface area contributed by atoms with Crippen molar-refractivity contribution in [2.75, 3.05) is 7.11 Å². The van der Waals surface area contributed by atoms with Crippen molar-refractivity contribution in [3.8, 4) is 5.75 Å². The van der Waals surface area contributed by atoms with Crippen molar-refractivity contribution in [1.29, 1.82) is 0 Å². The maximum Gasteiger partial charge on any atom is 0.138 e. The Balaban J connectivity index is 2.21. The van der Waals surface area contributed by atoms with E-state index in [0.717, 1.165) is 29.5 Å². The van der Waals surface area contributed by atoms with Crippen LogP contribution in [0.1, 0.15) is 36.0 Å². The molecule has 3 heteroatoms. The first-order valence-corrected chi connectivity index (χ1v) is 6.62. The Bertz CT molecular complexity index is 452. The van der Waals surface area contributed by atoms with Gasteiger partial charge in [0.1, 0.15) is 5.75 Å². The molecule has 1 fully saturated rings. The predicted octanol–water partition coefficient (Wildman–Crippen LogP) is 2.89. The highest BCUT2D eigenvalue weighted by molar-refractivity contribution is 9.10. The summed E-state index contributed by atoms with van der Waals surface area (Å²) in [6.07, 6.45) is 5.74. The Morgan fingerprint density at radius 1 is 1.38 bits per heavy atom. The third-order valence-corrected chi connectivity index (χ3v) is 4.66. The van der Waals surface area contributed by atoms with E-state index in [0.29, 0.717) is 0 Å². The first kappa shape index (κ1) is 10.6. The largest absolute Gasteiger partial charge is 0.495 e. The summed E-state index contributed by atoms with van der Waals surface area (Å²) in [7, 11) is 1.73. The summed E-state index contributed by atoms with van der Waals surface area (Å²) in [5.41, 5.74) is 10.3. The summed E-state index contributed by atoms with van der Waals surface area (Å²) in [5.74, 6) is 0.959. The number of methoxy groups -OCH3 is 1. The molecule has 0 spiro atoms. The average molecular weight is 282 g/mol. The van der Waals surface area contributed by atoms with Crippen LogP contribution in [0.3, 0.4) is 0 Å². The van der Waals surface area contributed by atoms with Crippen LogP contribution in [0.5, 0.6) is 5.75 Å². The molecule has 0 unspecified atom stereocenters. The van der Waals surface area contributed by atoms with Gasteiger partial charge in [0.15, 0.2) is 0 Å². The van der Waals surface area contributed by atoms with Gasteiger partial charge in [-0.25, -0.2) is 0 Å². The van der Waals surface area contributed by atoms with E-state index in [1.807, 2.05) is 0 Å². The molecule has 0 saturated heterocycles. The topological polar surface area (TPSA) is 35.2 Å². The molecule has 0 bridgehead atoms. The number of hydrogen-bond donors (Lipinski definition) is 1. The lowest BCUT2D eigenvalue weighted by Gasteiger charge is -2.18. The molecule has 1 aromatic rings. The summed E-state index contributed by atoms with van der Waals surface area (Å²) in [6.45, 7) is 0. The van der Waals surface area contributed by atoms with Gasteiger partial charge in [0.05, 0.1) is 11.6 Å². The number of nitrogens with two attached hydrogens (primary N) is 1. The number of aryl methyl sites for hydroxylation is 1. The van der Waals surface area contributed by atoms with Gasteiger partial charge in [-0.1, -0.05) is 0 Å². The summed E-state index contributed by atoms with van der Waals surface area (Å²) < 4.78 is 6.68. The average Bonchev–Trinajstić information content (AvgIpc) is 2.84. The molecule has 0 aromatic heterocycles. The van der Waals surface area contributed by atoms with Crippen LogP contribution in [0, 0.1) is 0 Å². The first-order valence-electron chi connectivity index (χ1n) is 5.83. The molecule has 3 rings (SSSR count). The minimum Gasteiger partial charge on any atom is -0.495 e. The number of halogens is 1. The predicted molar refractivity (Wildman–Crippen MR) is 67.8 cm³/mol. The molecule has 0 radical (unpaired) electrons. The van der Waals surface area contributed by atoms with Crippen LogP contribution < -0.4 is 10.5 Å². The first-order chi connectivity index (χ1) is 7.65. The summed E-state index contributed by atoms with van der Waals surface area (Å²) in [5, 5.41) is 0. The van der Waals surface area contributed by atoms with Gasteiger partial charge in [0, 0.05) is 11.1 Å². The van der Waals surface area contributed by atoms with Crippen LogP contribution >= 0.6 is 15.9 Å². The van der Waals surface area contributed by atoms with Crippen molar-refractivity contribution in [3.63, 3.8) is 0 Å². The fourth-order valence-electron chi connectivity index (χ4n) is 2.65. The Kier molecular flexibility index (Phi) is 2.30. The summed E-state index contributed by atoms with van der Waals surface area (Å²) in [4.78, 5) is 0. The van der Waals surface area contributed by atoms with Gasteiger partial charge in [-0.15, -0.1) is 0 Å². The number of rotatable bonds is 2. The molecule has 1 saturated carbocycles. The Morgan fingerprint density at radius 3 is 2.75 bits per heavy atom. The minimum atomic E-state index is -0.120. The van der Waals surface area contributed by atoms with Crippen molar-refractivity contribution in [2.24, 2.45) is 5.73 Å². The standard InChI is InChI=1S/C13H16BrNO/c1-16-12-10(13(15)5-6-13)7-8-3-2-4-9(8)11(12)14/h7H,2-6,15H2,1H3. The van der Waals surface area contributed by atoms with Crippen LogP contribution in [0.25, 0.3) is 0 Å². The summed E-state index contributed by atoms with van der Waals surface area (Å²) in [6, 6.07) is 2.28. The molecule has 0 amide bonds. The number of fused-ring (bicyclic) bond motifs is 1. The van der Waals surface area contributed by atoms with Gasteiger partial charge in [0.25, 0.3) is 0 Å². The Morgan fingerprint density at radius 2 is 2.12 bits per heavy atom. The fraction of sp³-hybridized carbons (Fsp3) is 0.538. The SMILES string of the molecule is COc1c(C2(N)CC2)cc2c(c1Br)CCC2. The van der Waals surface area contributed by atoms with Gasteiger partial charge in [-0.05, 0) is 65.2 Å². The molecule has 2 nitrogen and oxygen atoms in total. The van der Waals surface area contributed by atoms with E-state index in [-0.39, 0.29) is 5.54 Å². The van der Waals surface area contributed by atoms with Crippen molar-refractivity contribution in [1.82, 2.24) is 0 Å². The van der Waals surface area contributed by atoms with Gasteiger partial charge in [-0.3, -0.25) is 0 Å². The van der Waals surface area contributed by atoms with Gasteiger partial charge >= 0.3 is 0 Å². The van der Waals surface area contributed by atoms with Crippen molar-refractivity contribution < 1.29 is 4.74 Å². The molecule has 1 aromatic carbocycles. The van der Waals surface area contributed by atoms with E-state index < -0.39 is 0 Å². The maximum atomic E-state index is 6.31. The molecule has 0 aliphatic heterocycles. The Labute approximate surface area is 104 Å². The fourth-order valence-corrected chi connectivity index (χ4v) is 3.47. The second-order valence-electron chi connectivity index (χ2n) is 4.92. The maximum absolute atomic E-state index is 6.31. The lowest BCUT2D eigenvalue weighted by molar-refractivity contribution is 0.401. The van der Waals surface area contributed by atoms with E-state index in [4.69, 9.17) is 10.5 Å². The van der Waals surface area contributed by atoms with E-state index in [9.17, 15) is 0 Å². The van der Waals surface area contributed by atoms with Crippen LogP contribution in [0.4, 0.5) is 0 Å². The van der Waals surface area contributed by atoms with Crippen LogP contribution in [-0.2, 0) is 18.4 Å². The van der Waals surface area contributed by atoms with Gasteiger partial charge in [-0.2, -0.15) is 0 Å². The highest BCUT2D eigenvalue weighted by atomic mass is 79.9. The van der Waals surface area contributed by atoms with E-state index >= 15 is 0 Å². The highest BCUT2D eigenvalue weighted by Gasteiger charge is 2.43. The third-order valence-electron chi connectivity index (χ3n) is 3.82. The molecule has 0 heterocycles. The second-order valence-corrected chi connectivity index (χ2v) is 5.71. The molecule has 0 atom stereocenters. The molecular weight excluding hydrogens is 266 g/mol. The van der Waals surface area contributed by atoms with Crippen molar-refractivity contribution in [3.05, 3.63) is 27.2 Å². The molecule has 2 aliphatic carbocycles. The molecule has 2 N–H and O–H groups in total. The van der Waals surface area contributed by atoms with Crippen molar-refractivity contribution >= 4 is 15.9 Å². The second kappa shape index (κ2) is 3.47. The third kappa shape index (κ3) is 1.41. The lowest BCUT2D eigenvalue weighted by Crippen LogP contribution is -2.20. The van der Waals surface area contributed by atoms with Crippen LogP contribution in [0.2, 0.25) is 0 Å². The monoisotopic (exact) mass is 281 g/mol. The number of benzene rings is 1. The quantitative estimate of drug-likeness (QED) is 0.905. The molecule has 2 aliphatic rings. The lowest BCUT2D eigenvalue weighted by atomic mass is 9.98. The highest BCUT2D eigenvalue weighted by Crippen LogP contribution is 2.50. The zero-order chi connectivity index (χ0) is 11.3. The summed E-state index contributed by atoms with van der Waals surface area (Å²) >= 11 is 3.68. The molecule has 16 heavy (non-hydrogen) atoms. The Hall–Kier alpha value is -0.540. The van der Waals surface area contributed by atoms with Crippen molar-refractivity contribution in [2.45, 2.75) is 37.6 Å². The van der Waals surface area contributed by atoms with Crippen LogP contribution in [-0.4, -0.2) is 7.11 Å². The van der Waals surface area contributed by atoms with Crippen LogP contribution in [0.15, 0.2) is 10.5 Å². The van der Waals surface area contributed by atoms with Gasteiger partial charge in [0.2, 0.25) is 0 Å². The van der Waals surface area contributed by atoms with E-state index in [1.165, 1.54) is 29.5 Å². The van der Waals surface area contributed by atoms with E-state index in [2.05, 4.69) is 22.0 Å². The molecular formula is C13H16BrNO. The zero-order valence-electron chi connectivity index (χ0n) is 9.48. The zero-order valence-corrected chi connectivity index (χ0v) is 11.1. The number of ether oxygens (including phenoxy) is 1.